The Morgan fingerprint density at radius 3 is 2.42 bits per heavy atom. The molecule has 33 heavy (non-hydrogen) atoms. The highest BCUT2D eigenvalue weighted by Gasteiger charge is 2.47. The second-order valence-corrected chi connectivity index (χ2v) is 10.1. The van der Waals surface area contributed by atoms with Gasteiger partial charge in [0.05, 0.1) is 5.56 Å². The van der Waals surface area contributed by atoms with E-state index in [1.165, 1.54) is 81.1 Å². The quantitative estimate of drug-likeness (QED) is 0.251. The number of hydrogen-bond donors (Lipinski definition) is 0. The fourth-order valence-corrected chi connectivity index (χ4v) is 6.71. The van der Waals surface area contributed by atoms with Gasteiger partial charge in [0, 0.05) is 33.9 Å². The SMILES string of the molecule is Cc1cc[n+](C)c(-c2c(C)ccc3c2oc2c4c(ccc23)-c2ccccc2C42CCCC2)c1. The van der Waals surface area contributed by atoms with Gasteiger partial charge in [0.15, 0.2) is 6.20 Å². The van der Waals surface area contributed by atoms with Gasteiger partial charge in [-0.1, -0.05) is 55.3 Å². The molecule has 0 saturated heterocycles. The molecule has 2 aromatic heterocycles. The van der Waals surface area contributed by atoms with E-state index in [1.807, 2.05) is 0 Å². The summed E-state index contributed by atoms with van der Waals surface area (Å²) in [7, 11) is 2.12. The van der Waals surface area contributed by atoms with Crippen molar-refractivity contribution in [1.82, 2.24) is 0 Å². The molecule has 3 aromatic carbocycles. The molecule has 0 radical (unpaired) electrons. The predicted octanol–water partition coefficient (Wildman–Crippen LogP) is 7.53. The molecule has 1 spiro atoms. The van der Waals surface area contributed by atoms with Crippen LogP contribution in [-0.4, -0.2) is 0 Å². The van der Waals surface area contributed by atoms with Gasteiger partial charge in [-0.3, -0.25) is 0 Å². The second kappa shape index (κ2) is 6.57. The zero-order valence-electron chi connectivity index (χ0n) is 19.5. The summed E-state index contributed by atoms with van der Waals surface area (Å²) in [5.74, 6) is 0. The number of rotatable bonds is 1. The van der Waals surface area contributed by atoms with E-state index in [0.717, 1.165) is 11.2 Å². The van der Waals surface area contributed by atoms with E-state index in [0.29, 0.717) is 0 Å². The molecule has 2 aliphatic carbocycles. The largest absolute Gasteiger partial charge is 0.455 e. The van der Waals surface area contributed by atoms with Gasteiger partial charge < -0.3 is 4.42 Å². The van der Waals surface area contributed by atoms with Crippen LogP contribution >= 0.6 is 0 Å². The monoisotopic (exact) mass is 430 g/mol. The van der Waals surface area contributed by atoms with Crippen LogP contribution in [0, 0.1) is 13.8 Å². The maximum absolute atomic E-state index is 6.96. The fourth-order valence-electron chi connectivity index (χ4n) is 6.71. The summed E-state index contributed by atoms with van der Waals surface area (Å²) in [5.41, 5.74) is 12.9. The topological polar surface area (TPSA) is 17.0 Å². The minimum absolute atomic E-state index is 0.0997. The second-order valence-electron chi connectivity index (χ2n) is 10.1. The molecule has 0 amide bonds. The van der Waals surface area contributed by atoms with E-state index in [4.69, 9.17) is 4.42 Å². The molecular formula is C31H28NO+. The maximum atomic E-state index is 6.96. The molecule has 2 nitrogen and oxygen atoms in total. The lowest BCUT2D eigenvalue weighted by Crippen LogP contribution is -2.30. The van der Waals surface area contributed by atoms with Crippen LogP contribution in [0.3, 0.4) is 0 Å². The molecular weight excluding hydrogens is 402 g/mol. The lowest BCUT2D eigenvalue weighted by molar-refractivity contribution is -0.660. The maximum Gasteiger partial charge on any atom is 0.216 e. The first-order chi connectivity index (χ1) is 16.1. The minimum atomic E-state index is 0.0997. The Labute approximate surface area is 194 Å². The van der Waals surface area contributed by atoms with Crippen molar-refractivity contribution in [2.45, 2.75) is 44.9 Å². The highest BCUT2D eigenvalue weighted by atomic mass is 16.3. The Morgan fingerprint density at radius 2 is 1.58 bits per heavy atom. The molecule has 0 atom stereocenters. The summed E-state index contributed by atoms with van der Waals surface area (Å²) < 4.78 is 9.17. The van der Waals surface area contributed by atoms with Crippen LogP contribution in [0.1, 0.15) is 47.9 Å². The standard InChI is InChI=1S/C31H28NO/c1-19-14-17-32(3)26(18-19)27-20(2)10-11-23-24-13-12-22-21-8-4-5-9-25(21)31(15-6-7-16-31)28(22)30(24)33-29(23)27/h4-5,8-14,17-18H,6-7,15-16H2,1-3H3/q+1. The van der Waals surface area contributed by atoms with Crippen LogP contribution in [-0.2, 0) is 12.5 Å². The van der Waals surface area contributed by atoms with E-state index < -0.39 is 0 Å². The summed E-state index contributed by atoms with van der Waals surface area (Å²) in [6.45, 7) is 4.36. The average Bonchev–Trinajstić information content (AvgIpc) is 3.52. The van der Waals surface area contributed by atoms with Gasteiger partial charge in [0.25, 0.3) is 0 Å². The van der Waals surface area contributed by atoms with Gasteiger partial charge in [0.1, 0.15) is 18.2 Å². The van der Waals surface area contributed by atoms with Gasteiger partial charge in [0.2, 0.25) is 5.69 Å². The molecule has 2 heteroatoms. The van der Waals surface area contributed by atoms with Crippen molar-refractivity contribution in [3.8, 4) is 22.4 Å². The Balaban J connectivity index is 1.61. The van der Waals surface area contributed by atoms with Crippen LogP contribution in [0.25, 0.3) is 44.3 Å². The van der Waals surface area contributed by atoms with Crippen LogP contribution < -0.4 is 4.57 Å². The van der Waals surface area contributed by atoms with Crippen LogP contribution in [0.2, 0.25) is 0 Å². The number of furan rings is 1. The van der Waals surface area contributed by atoms with Gasteiger partial charge in [-0.2, -0.15) is 0 Å². The van der Waals surface area contributed by atoms with Crippen molar-refractivity contribution < 1.29 is 8.98 Å². The average molecular weight is 431 g/mol. The Hall–Kier alpha value is -3.39. The Bertz CT molecular complexity index is 1600. The first-order valence-corrected chi connectivity index (χ1v) is 12.1. The van der Waals surface area contributed by atoms with Crippen molar-refractivity contribution in [2.24, 2.45) is 7.05 Å². The lowest BCUT2D eigenvalue weighted by atomic mass is 9.76. The van der Waals surface area contributed by atoms with Gasteiger partial charge in [-0.15, -0.1) is 0 Å². The lowest BCUT2D eigenvalue weighted by Gasteiger charge is -2.26. The Morgan fingerprint density at radius 1 is 0.818 bits per heavy atom. The molecule has 0 N–H and O–H groups in total. The van der Waals surface area contributed by atoms with Crippen molar-refractivity contribution in [3.63, 3.8) is 0 Å². The highest BCUT2D eigenvalue weighted by molar-refractivity contribution is 6.12. The van der Waals surface area contributed by atoms with Crippen molar-refractivity contribution in [1.29, 1.82) is 0 Å². The minimum Gasteiger partial charge on any atom is -0.455 e. The molecule has 1 fully saturated rings. The van der Waals surface area contributed by atoms with E-state index in [-0.39, 0.29) is 5.41 Å². The van der Waals surface area contributed by atoms with E-state index >= 15 is 0 Å². The number of pyridine rings is 1. The number of hydrogen-bond acceptors (Lipinski definition) is 1. The zero-order chi connectivity index (χ0) is 22.3. The summed E-state index contributed by atoms with van der Waals surface area (Å²) in [6.07, 6.45) is 7.15. The van der Waals surface area contributed by atoms with Crippen LogP contribution in [0.4, 0.5) is 0 Å². The van der Waals surface area contributed by atoms with Crippen molar-refractivity contribution >= 4 is 21.9 Å². The number of aromatic nitrogens is 1. The number of aryl methyl sites for hydroxylation is 3. The van der Waals surface area contributed by atoms with E-state index in [1.54, 1.807) is 0 Å². The number of nitrogens with zero attached hydrogens (tertiary/aromatic N) is 1. The Kier molecular flexibility index (Phi) is 3.81. The van der Waals surface area contributed by atoms with Gasteiger partial charge >= 0.3 is 0 Å². The van der Waals surface area contributed by atoms with Crippen molar-refractivity contribution in [3.05, 3.63) is 89.1 Å². The fraction of sp³-hybridized carbons (Fsp3) is 0.258. The van der Waals surface area contributed by atoms with Crippen LogP contribution in [0.5, 0.6) is 0 Å². The molecule has 0 bridgehead atoms. The highest BCUT2D eigenvalue weighted by Crippen LogP contribution is 2.59. The molecule has 0 unspecified atom stereocenters. The molecule has 7 rings (SSSR count). The summed E-state index contributed by atoms with van der Waals surface area (Å²) >= 11 is 0. The van der Waals surface area contributed by atoms with Crippen LogP contribution in [0.15, 0.2) is 71.3 Å². The normalized spacial score (nSPS) is 16.1. The molecule has 0 aliphatic heterocycles. The zero-order valence-corrected chi connectivity index (χ0v) is 19.5. The third kappa shape index (κ3) is 2.41. The third-order valence-corrected chi connectivity index (χ3v) is 8.25. The van der Waals surface area contributed by atoms with E-state index in [9.17, 15) is 0 Å². The summed E-state index contributed by atoms with van der Waals surface area (Å²) in [4.78, 5) is 0. The predicted molar refractivity (Wildman–Crippen MR) is 134 cm³/mol. The molecule has 2 heterocycles. The third-order valence-electron chi connectivity index (χ3n) is 8.25. The van der Waals surface area contributed by atoms with Gasteiger partial charge in [-0.05, 0) is 60.6 Å². The molecule has 1 saturated carbocycles. The molecule has 162 valence electrons. The summed E-state index contributed by atoms with van der Waals surface area (Å²) in [5, 5.41) is 2.47. The number of benzene rings is 3. The van der Waals surface area contributed by atoms with Gasteiger partial charge in [-0.25, -0.2) is 4.57 Å². The first kappa shape index (κ1) is 19.1. The molecule has 2 aliphatic rings. The van der Waals surface area contributed by atoms with Crippen molar-refractivity contribution in [2.75, 3.05) is 0 Å². The van der Waals surface area contributed by atoms with E-state index in [2.05, 4.69) is 92.3 Å². The first-order valence-electron chi connectivity index (χ1n) is 12.1. The molecule has 5 aromatic rings. The smallest absolute Gasteiger partial charge is 0.216 e. The number of fused-ring (bicyclic) bond motifs is 9. The summed E-state index contributed by atoms with van der Waals surface area (Å²) in [6, 6.07) is 22.6.